The number of aliphatic hydroxyl groups excluding tert-OH is 6. The zero-order valence-electron chi connectivity index (χ0n) is 39.7. The molecule has 4 saturated carbocycles. The van der Waals surface area contributed by atoms with E-state index in [4.69, 9.17) is 47.4 Å². The van der Waals surface area contributed by atoms with Crippen LogP contribution in [0.15, 0.2) is 11.6 Å². The minimum absolute atomic E-state index is 0.00989. The second kappa shape index (κ2) is 19.6. The van der Waals surface area contributed by atoms with Crippen LogP contribution in [0.3, 0.4) is 0 Å². The van der Waals surface area contributed by atoms with Gasteiger partial charge in [-0.25, -0.2) is 4.79 Å². The molecule has 9 rings (SSSR count). The van der Waals surface area contributed by atoms with E-state index < -0.39 is 139 Å². The van der Waals surface area contributed by atoms with Crippen molar-refractivity contribution in [3.8, 4) is 0 Å². The van der Waals surface area contributed by atoms with Gasteiger partial charge < -0.3 is 93.0 Å². The van der Waals surface area contributed by atoms with Gasteiger partial charge in [-0.2, -0.15) is 0 Å². The van der Waals surface area contributed by atoms with Gasteiger partial charge in [0, 0.05) is 44.3 Å². The largest absolute Gasteiger partial charge is 0.458 e. The van der Waals surface area contributed by atoms with E-state index in [1.807, 2.05) is 0 Å². The number of carbonyl (C=O) groups excluding carboxylic acids is 2. The van der Waals surface area contributed by atoms with E-state index in [9.17, 15) is 50.4 Å². The molecule has 0 bridgehead atoms. The highest BCUT2D eigenvalue weighted by Gasteiger charge is 2.72. The number of esters is 1. The van der Waals surface area contributed by atoms with Crippen LogP contribution in [0.2, 0.25) is 0 Å². The monoisotopic (exact) mass is 970 g/mol. The van der Waals surface area contributed by atoms with Crippen molar-refractivity contribution in [2.24, 2.45) is 28.6 Å². The molecule has 25 atom stereocenters. The standard InChI is InChI=1S/C48H74O20/c1-22-41(66-36-16-31(52)42(23(2)62-36)67-37-17-32(59-5)43(24(3)63-37)68-44-40(56)39(55)38(54)33(19-49)65-44)30(51)15-35(61-22)64-26-6-11-46(21-50)28-7-10-45(4)27(25-14-34(53)60-20-25)9-13-48(45,58)29(28)8-12-47(46,57)18-26/h14,21-24,26-33,35-44,49,51-52,54-58H,6-13,15-20H2,1-5H3/t22-,23-,24-,26+,27-,28?,29?,30+,31+,32-,33-,35+,36+,37+,38-,39+,40-,41-,42-,43-,44+,45-,46+,47+,48+/m1/s1. The number of ether oxygens (including phenoxy) is 10. The van der Waals surface area contributed by atoms with Gasteiger partial charge in [0.1, 0.15) is 55.6 Å². The van der Waals surface area contributed by atoms with Crippen molar-refractivity contribution >= 4 is 12.3 Å². The van der Waals surface area contributed by atoms with E-state index >= 15 is 0 Å². The maximum atomic E-state index is 13.3. The minimum atomic E-state index is -1.62. The van der Waals surface area contributed by atoms with E-state index in [1.165, 1.54) is 7.11 Å². The Bertz CT molecular complexity index is 1810. The molecule has 8 N–H and O–H groups in total. The zero-order chi connectivity index (χ0) is 48.7. The summed E-state index contributed by atoms with van der Waals surface area (Å²) in [5, 5.41) is 88.4. The van der Waals surface area contributed by atoms with E-state index in [1.54, 1.807) is 26.8 Å². The van der Waals surface area contributed by atoms with Crippen molar-refractivity contribution < 1.29 is 97.8 Å². The van der Waals surface area contributed by atoms with Crippen LogP contribution in [-0.4, -0.2) is 195 Å². The maximum Gasteiger partial charge on any atom is 0.331 e. The number of hydrogen-bond donors (Lipinski definition) is 8. The number of cyclic esters (lactones) is 1. The van der Waals surface area contributed by atoms with Gasteiger partial charge in [-0.3, -0.25) is 0 Å². The molecule has 8 fully saturated rings. The molecular formula is C48H74O20. The van der Waals surface area contributed by atoms with Crippen LogP contribution >= 0.6 is 0 Å². The Labute approximate surface area is 396 Å². The number of methoxy groups -OCH3 is 1. The fourth-order valence-corrected chi connectivity index (χ4v) is 14.5. The summed E-state index contributed by atoms with van der Waals surface area (Å²) in [5.41, 5.74) is -2.98. The summed E-state index contributed by atoms with van der Waals surface area (Å²) >= 11 is 0. The predicted molar refractivity (Wildman–Crippen MR) is 230 cm³/mol. The van der Waals surface area contributed by atoms with Crippen LogP contribution in [0, 0.1) is 28.6 Å². The smallest absolute Gasteiger partial charge is 0.331 e. The molecule has 68 heavy (non-hydrogen) atoms. The molecule has 4 saturated heterocycles. The van der Waals surface area contributed by atoms with E-state index in [-0.39, 0.29) is 56.0 Å². The van der Waals surface area contributed by atoms with E-state index in [2.05, 4.69) is 6.92 Å². The van der Waals surface area contributed by atoms with Gasteiger partial charge in [-0.05, 0) is 95.5 Å². The fraction of sp³-hybridized carbons (Fsp3) is 0.917. The van der Waals surface area contributed by atoms with Crippen molar-refractivity contribution in [3.05, 3.63) is 11.6 Å². The zero-order valence-corrected chi connectivity index (χ0v) is 39.7. The Balaban J connectivity index is 0.756. The molecule has 4 aliphatic carbocycles. The first-order valence-corrected chi connectivity index (χ1v) is 24.8. The first-order chi connectivity index (χ1) is 32.3. The molecule has 0 spiro atoms. The lowest BCUT2D eigenvalue weighted by Gasteiger charge is -2.65. The number of carbonyl (C=O) groups is 2. The fourth-order valence-electron chi connectivity index (χ4n) is 14.5. The third kappa shape index (κ3) is 8.75. The first-order valence-electron chi connectivity index (χ1n) is 24.8. The molecule has 20 heteroatoms. The molecule has 5 aliphatic heterocycles. The van der Waals surface area contributed by atoms with Crippen molar-refractivity contribution in [2.75, 3.05) is 20.3 Å². The van der Waals surface area contributed by atoms with Crippen molar-refractivity contribution in [3.63, 3.8) is 0 Å². The van der Waals surface area contributed by atoms with Crippen LogP contribution in [0.25, 0.3) is 0 Å². The minimum Gasteiger partial charge on any atom is -0.458 e. The maximum absolute atomic E-state index is 13.3. The van der Waals surface area contributed by atoms with E-state index in [0.29, 0.717) is 44.9 Å². The average molecular weight is 971 g/mol. The van der Waals surface area contributed by atoms with Crippen LogP contribution in [-0.2, 0) is 57.0 Å². The van der Waals surface area contributed by atoms with Crippen LogP contribution < -0.4 is 0 Å². The Kier molecular flexibility index (Phi) is 14.7. The van der Waals surface area contributed by atoms with Gasteiger partial charge in [-0.1, -0.05) is 6.92 Å². The lowest BCUT2D eigenvalue weighted by atomic mass is 9.41. The quantitative estimate of drug-likeness (QED) is 0.0727. The highest BCUT2D eigenvalue weighted by Crippen LogP contribution is 2.70. The molecule has 0 aromatic heterocycles. The summed E-state index contributed by atoms with van der Waals surface area (Å²) in [7, 11) is 1.47. The number of hydrogen-bond acceptors (Lipinski definition) is 20. The SMILES string of the molecule is CO[C@@H]1C[C@H](O[C@H]2[C@@H](O)C[C@H](O[C@H]3[C@@H](O)C[C@H](O[C@H]4CC[C@]5(C=O)C6CC[C@]7(C)[C@@H](C8=CC(=O)OC8)CC[C@]7(O)C6CC[C@]5(O)C4)O[C@@H]3C)O[C@@H]2C)O[C@H](C)[C@H]1O[C@@H]1O[C@H](CO)[C@@H](O)[C@H](O)[C@H]1O. The number of aldehydes is 1. The summed E-state index contributed by atoms with van der Waals surface area (Å²) < 4.78 is 60.0. The molecule has 0 radical (unpaired) electrons. The Hall–Kier alpha value is -1.80. The molecule has 0 aromatic rings. The number of aliphatic hydroxyl groups is 8. The summed E-state index contributed by atoms with van der Waals surface area (Å²) in [5.74, 6) is -0.712. The summed E-state index contributed by atoms with van der Waals surface area (Å²) in [6.45, 7) is 6.96. The normalized spacial score (nSPS) is 54.0. The van der Waals surface area contributed by atoms with Crippen molar-refractivity contribution in [1.29, 1.82) is 0 Å². The molecule has 20 nitrogen and oxygen atoms in total. The highest BCUT2D eigenvalue weighted by molar-refractivity contribution is 5.85. The number of rotatable bonds is 12. The van der Waals surface area contributed by atoms with Gasteiger partial charge in [-0.15, -0.1) is 0 Å². The second-order valence-electron chi connectivity index (χ2n) is 21.7. The van der Waals surface area contributed by atoms with E-state index in [0.717, 1.165) is 18.3 Å². The average Bonchev–Trinajstić information content (AvgIpc) is 3.85. The number of fused-ring (bicyclic) bond motifs is 5. The Morgan fingerprint density at radius 2 is 1.34 bits per heavy atom. The van der Waals surface area contributed by atoms with Crippen LogP contribution in [0.4, 0.5) is 0 Å². The third-order valence-electron chi connectivity index (χ3n) is 18.1. The molecule has 0 aromatic carbocycles. The predicted octanol–water partition coefficient (Wildman–Crippen LogP) is 0.0195. The van der Waals surface area contributed by atoms with Gasteiger partial charge in [0.2, 0.25) is 0 Å². The topological polar surface area (TPSA) is 288 Å². The molecule has 386 valence electrons. The lowest BCUT2D eigenvalue weighted by Crippen LogP contribution is -2.69. The van der Waals surface area contributed by atoms with Gasteiger partial charge in [0.05, 0.1) is 66.0 Å². The Morgan fingerprint density at radius 1 is 0.721 bits per heavy atom. The van der Waals surface area contributed by atoms with Gasteiger partial charge in [0.15, 0.2) is 25.2 Å². The summed E-state index contributed by atoms with van der Waals surface area (Å²) in [6.07, 6.45) is -10.2. The highest BCUT2D eigenvalue weighted by atomic mass is 16.8. The van der Waals surface area contributed by atoms with Crippen LogP contribution in [0.5, 0.6) is 0 Å². The second-order valence-corrected chi connectivity index (χ2v) is 21.7. The van der Waals surface area contributed by atoms with Crippen molar-refractivity contribution in [2.45, 2.75) is 227 Å². The third-order valence-corrected chi connectivity index (χ3v) is 18.1. The summed E-state index contributed by atoms with van der Waals surface area (Å²) in [4.78, 5) is 25.3. The Morgan fingerprint density at radius 3 is 1.93 bits per heavy atom. The van der Waals surface area contributed by atoms with Gasteiger partial charge in [0.25, 0.3) is 0 Å². The lowest BCUT2D eigenvalue weighted by molar-refractivity contribution is -0.356. The molecular weight excluding hydrogens is 897 g/mol. The first kappa shape index (κ1) is 51.1. The van der Waals surface area contributed by atoms with Crippen LogP contribution in [0.1, 0.15) is 105 Å². The summed E-state index contributed by atoms with van der Waals surface area (Å²) in [6, 6.07) is 0. The van der Waals surface area contributed by atoms with Gasteiger partial charge >= 0.3 is 5.97 Å². The molecule has 5 heterocycles. The van der Waals surface area contributed by atoms with Crippen molar-refractivity contribution in [1.82, 2.24) is 0 Å². The molecule has 2 unspecified atom stereocenters. The molecule has 9 aliphatic rings. The molecule has 0 amide bonds.